The van der Waals surface area contributed by atoms with E-state index in [0.717, 1.165) is 6.26 Å². The normalized spacial score (nSPS) is 16.9. The maximum absolute atomic E-state index is 12.1. The Morgan fingerprint density at radius 3 is 2.59 bits per heavy atom. The number of furan rings is 1. The predicted octanol–water partition coefficient (Wildman–Crippen LogP) is 1.09. The summed E-state index contributed by atoms with van der Waals surface area (Å²) in [7, 11) is -3.49. The molecule has 0 radical (unpaired) electrons. The molecule has 1 fully saturated rings. The Bertz CT molecular complexity index is 757. The molecule has 2 aromatic heterocycles. The van der Waals surface area contributed by atoms with E-state index in [1.165, 1.54) is 6.26 Å². The van der Waals surface area contributed by atoms with Crippen LogP contribution in [0.25, 0.3) is 0 Å². The lowest BCUT2D eigenvalue weighted by Crippen LogP contribution is -2.37. The minimum atomic E-state index is -3.49. The van der Waals surface area contributed by atoms with Gasteiger partial charge in [0, 0.05) is 25.3 Å². The summed E-state index contributed by atoms with van der Waals surface area (Å²) in [5.41, 5.74) is 0. The van der Waals surface area contributed by atoms with E-state index in [1.807, 2.05) is 0 Å². The van der Waals surface area contributed by atoms with Gasteiger partial charge in [0.25, 0.3) is 5.91 Å². The minimum absolute atomic E-state index is 0.0383. The molecule has 2 aromatic rings. The Balaban J connectivity index is 1.64. The molecule has 3 heterocycles. The summed E-state index contributed by atoms with van der Waals surface area (Å²) < 4.78 is 33.0. The number of aromatic nitrogens is 2. The molecule has 118 valence electrons. The first kappa shape index (κ1) is 14.8. The highest BCUT2D eigenvalue weighted by Crippen LogP contribution is 2.28. The van der Waals surface area contributed by atoms with Gasteiger partial charge in [-0.2, -0.15) is 0 Å². The van der Waals surface area contributed by atoms with E-state index in [4.69, 9.17) is 8.83 Å². The fourth-order valence-electron chi connectivity index (χ4n) is 2.42. The number of carbonyl (C=O) groups excluding carboxylic acids is 1. The van der Waals surface area contributed by atoms with Crippen molar-refractivity contribution in [3.05, 3.63) is 30.0 Å². The summed E-state index contributed by atoms with van der Waals surface area (Å²) in [5.74, 6) is 0.440. The van der Waals surface area contributed by atoms with Gasteiger partial charge in [0.1, 0.15) is 0 Å². The lowest BCUT2D eigenvalue weighted by Gasteiger charge is -2.29. The second-order valence-corrected chi connectivity index (χ2v) is 7.12. The average molecular weight is 325 g/mol. The van der Waals surface area contributed by atoms with Crippen molar-refractivity contribution in [2.24, 2.45) is 0 Å². The van der Waals surface area contributed by atoms with E-state index in [9.17, 15) is 13.2 Å². The molecule has 0 spiro atoms. The van der Waals surface area contributed by atoms with Crippen molar-refractivity contribution in [1.29, 1.82) is 0 Å². The second-order valence-electron chi connectivity index (χ2n) is 5.22. The van der Waals surface area contributed by atoms with Crippen LogP contribution in [0, 0.1) is 0 Å². The lowest BCUT2D eigenvalue weighted by molar-refractivity contribution is 0.0673. The molecule has 8 nitrogen and oxygen atoms in total. The van der Waals surface area contributed by atoms with Gasteiger partial charge in [-0.25, -0.2) is 8.42 Å². The van der Waals surface area contributed by atoms with Gasteiger partial charge >= 0.3 is 5.22 Å². The van der Waals surface area contributed by atoms with E-state index < -0.39 is 9.84 Å². The van der Waals surface area contributed by atoms with Crippen LogP contribution in [0.1, 0.15) is 35.2 Å². The standard InChI is InChI=1S/C13H15N3O5S/c1-22(18,19)13-15-14-11(21-13)9-4-6-16(7-5-9)12(17)10-3-2-8-20-10/h2-3,8-9H,4-7H2,1H3. The Kier molecular flexibility index (Phi) is 3.73. The van der Waals surface area contributed by atoms with Gasteiger partial charge < -0.3 is 13.7 Å². The van der Waals surface area contributed by atoms with Gasteiger partial charge in [0.05, 0.1) is 6.26 Å². The molecule has 1 aliphatic rings. The van der Waals surface area contributed by atoms with E-state index in [-0.39, 0.29) is 17.0 Å². The highest BCUT2D eigenvalue weighted by atomic mass is 32.2. The molecule has 22 heavy (non-hydrogen) atoms. The molecule has 1 aliphatic heterocycles. The Morgan fingerprint density at radius 2 is 2.05 bits per heavy atom. The fourth-order valence-corrected chi connectivity index (χ4v) is 2.85. The summed E-state index contributed by atoms with van der Waals surface area (Å²) in [6.07, 6.45) is 3.76. The average Bonchev–Trinajstić information content (AvgIpc) is 3.17. The molecule has 0 atom stereocenters. The van der Waals surface area contributed by atoms with Crippen LogP contribution >= 0.6 is 0 Å². The van der Waals surface area contributed by atoms with Crippen LogP contribution in [0.15, 0.2) is 32.5 Å². The predicted molar refractivity (Wildman–Crippen MR) is 74.0 cm³/mol. The molecule has 0 aliphatic carbocycles. The van der Waals surface area contributed by atoms with Gasteiger partial charge in [-0.15, -0.1) is 5.10 Å². The number of likely N-dealkylation sites (tertiary alicyclic amines) is 1. The van der Waals surface area contributed by atoms with Crippen molar-refractivity contribution < 1.29 is 22.0 Å². The van der Waals surface area contributed by atoms with Gasteiger partial charge in [0.2, 0.25) is 15.7 Å². The number of carbonyl (C=O) groups is 1. The molecule has 0 aromatic carbocycles. The molecule has 0 saturated carbocycles. The van der Waals surface area contributed by atoms with Crippen molar-refractivity contribution >= 4 is 15.7 Å². The Morgan fingerprint density at radius 1 is 1.32 bits per heavy atom. The first-order valence-electron chi connectivity index (χ1n) is 6.81. The van der Waals surface area contributed by atoms with Crippen molar-refractivity contribution in [2.45, 2.75) is 24.0 Å². The first-order valence-corrected chi connectivity index (χ1v) is 8.70. The molecule has 0 unspecified atom stereocenters. The third kappa shape index (κ3) is 2.89. The molecule has 1 saturated heterocycles. The van der Waals surface area contributed by atoms with Crippen molar-refractivity contribution in [3.8, 4) is 0 Å². The Labute approximate surface area is 127 Å². The SMILES string of the molecule is CS(=O)(=O)c1nnc(C2CCN(C(=O)c3ccco3)CC2)o1. The smallest absolute Gasteiger partial charge is 0.335 e. The second kappa shape index (κ2) is 5.56. The maximum atomic E-state index is 12.1. The zero-order valence-corrected chi connectivity index (χ0v) is 12.7. The molecular weight excluding hydrogens is 310 g/mol. The molecule has 1 amide bonds. The Hall–Kier alpha value is -2.16. The third-order valence-electron chi connectivity index (χ3n) is 3.60. The van der Waals surface area contributed by atoms with Crippen LogP contribution in [0.5, 0.6) is 0 Å². The third-order valence-corrected chi connectivity index (χ3v) is 4.40. The number of sulfone groups is 1. The zero-order valence-electron chi connectivity index (χ0n) is 11.9. The summed E-state index contributed by atoms with van der Waals surface area (Å²) >= 11 is 0. The van der Waals surface area contributed by atoms with Gasteiger partial charge in [-0.3, -0.25) is 4.79 Å². The summed E-state index contributed by atoms with van der Waals surface area (Å²) in [6, 6.07) is 3.30. The van der Waals surface area contributed by atoms with Crippen LogP contribution in [0.2, 0.25) is 0 Å². The number of hydrogen-bond acceptors (Lipinski definition) is 7. The van der Waals surface area contributed by atoms with Crippen LogP contribution in [-0.4, -0.2) is 48.8 Å². The largest absolute Gasteiger partial charge is 0.459 e. The number of piperidine rings is 1. The number of rotatable bonds is 3. The zero-order chi connectivity index (χ0) is 15.7. The minimum Gasteiger partial charge on any atom is -0.459 e. The fraction of sp³-hybridized carbons (Fsp3) is 0.462. The maximum Gasteiger partial charge on any atom is 0.335 e. The van der Waals surface area contributed by atoms with Crippen LogP contribution in [0.4, 0.5) is 0 Å². The quantitative estimate of drug-likeness (QED) is 0.831. The molecular formula is C13H15N3O5S. The number of hydrogen-bond donors (Lipinski definition) is 0. The van der Waals surface area contributed by atoms with E-state index in [1.54, 1.807) is 17.0 Å². The number of nitrogens with zero attached hydrogens (tertiary/aromatic N) is 3. The molecule has 9 heteroatoms. The van der Waals surface area contributed by atoms with E-state index in [2.05, 4.69) is 10.2 Å². The van der Waals surface area contributed by atoms with Crippen LogP contribution in [-0.2, 0) is 9.84 Å². The first-order chi connectivity index (χ1) is 10.4. The van der Waals surface area contributed by atoms with Crippen molar-refractivity contribution in [2.75, 3.05) is 19.3 Å². The molecule has 3 rings (SSSR count). The topological polar surface area (TPSA) is 107 Å². The highest BCUT2D eigenvalue weighted by molar-refractivity contribution is 7.90. The summed E-state index contributed by atoms with van der Waals surface area (Å²) in [6.45, 7) is 1.06. The summed E-state index contributed by atoms with van der Waals surface area (Å²) in [5, 5.41) is 7.00. The van der Waals surface area contributed by atoms with Gasteiger partial charge in [-0.1, -0.05) is 5.10 Å². The van der Waals surface area contributed by atoms with Crippen LogP contribution in [0.3, 0.4) is 0 Å². The van der Waals surface area contributed by atoms with E-state index in [0.29, 0.717) is 37.6 Å². The lowest BCUT2D eigenvalue weighted by atomic mass is 9.96. The molecule has 0 N–H and O–H groups in total. The van der Waals surface area contributed by atoms with Gasteiger partial charge in [-0.05, 0) is 25.0 Å². The summed E-state index contributed by atoms with van der Waals surface area (Å²) in [4.78, 5) is 13.8. The van der Waals surface area contributed by atoms with Crippen LogP contribution < -0.4 is 0 Å². The number of amides is 1. The van der Waals surface area contributed by atoms with Crippen molar-refractivity contribution in [1.82, 2.24) is 15.1 Å². The van der Waals surface area contributed by atoms with E-state index >= 15 is 0 Å². The monoisotopic (exact) mass is 325 g/mol. The van der Waals surface area contributed by atoms with Gasteiger partial charge in [0.15, 0.2) is 5.76 Å². The molecule has 0 bridgehead atoms. The highest BCUT2D eigenvalue weighted by Gasteiger charge is 2.29. The van der Waals surface area contributed by atoms with Crippen molar-refractivity contribution in [3.63, 3.8) is 0 Å².